The lowest BCUT2D eigenvalue weighted by Gasteiger charge is -2.07. The van der Waals surface area contributed by atoms with Gasteiger partial charge >= 0.3 is 5.97 Å². The molecule has 1 heterocycles. The predicted molar refractivity (Wildman–Crippen MR) is 69.1 cm³/mol. The molecule has 0 unspecified atom stereocenters. The van der Waals surface area contributed by atoms with Gasteiger partial charge in [0, 0.05) is 12.1 Å². The summed E-state index contributed by atoms with van der Waals surface area (Å²) in [5.74, 6) is -0.483. The highest BCUT2D eigenvalue weighted by Crippen LogP contribution is 2.24. The Morgan fingerprint density at radius 3 is 2.50 bits per heavy atom. The van der Waals surface area contributed by atoms with Gasteiger partial charge in [0.2, 0.25) is 0 Å². The topological polar surface area (TPSA) is 103 Å². The first kappa shape index (κ1) is 13.5. The molecule has 0 spiro atoms. The van der Waals surface area contributed by atoms with E-state index < -0.39 is 10.9 Å². The number of nitro groups is 1. The number of aromatic nitrogens is 1. The number of hydrogen-bond acceptors (Lipinski definition) is 5. The Morgan fingerprint density at radius 1 is 1.30 bits per heavy atom. The second-order valence-corrected chi connectivity index (χ2v) is 3.96. The Kier molecular flexibility index (Phi) is 3.60. The van der Waals surface area contributed by atoms with E-state index in [-0.39, 0.29) is 17.0 Å². The van der Waals surface area contributed by atoms with Crippen LogP contribution in [0.3, 0.4) is 0 Å². The average molecular weight is 274 g/mol. The number of nitrogens with zero attached hydrogens (tertiary/aromatic N) is 2. The van der Waals surface area contributed by atoms with E-state index in [1.165, 1.54) is 36.5 Å². The number of aryl methyl sites for hydroxylation is 1. The highest BCUT2D eigenvalue weighted by atomic mass is 16.6. The summed E-state index contributed by atoms with van der Waals surface area (Å²) in [7, 11) is 0. The minimum absolute atomic E-state index is 0.0458. The normalized spacial score (nSPS) is 10.1. The molecule has 20 heavy (non-hydrogen) atoms. The average Bonchev–Trinajstić information content (AvgIpc) is 2.41. The zero-order valence-electron chi connectivity index (χ0n) is 10.4. The van der Waals surface area contributed by atoms with Crippen molar-refractivity contribution >= 4 is 11.7 Å². The van der Waals surface area contributed by atoms with E-state index in [2.05, 4.69) is 4.98 Å². The minimum atomic E-state index is -1.09. The van der Waals surface area contributed by atoms with Crippen molar-refractivity contribution in [1.29, 1.82) is 0 Å². The molecule has 0 bridgehead atoms. The summed E-state index contributed by atoms with van der Waals surface area (Å²) in [6.07, 6.45) is 1.39. The first-order valence-electron chi connectivity index (χ1n) is 5.59. The van der Waals surface area contributed by atoms with Gasteiger partial charge in [-0.3, -0.25) is 15.1 Å². The van der Waals surface area contributed by atoms with Crippen LogP contribution in [-0.4, -0.2) is 21.0 Å². The van der Waals surface area contributed by atoms with Crippen molar-refractivity contribution in [3.8, 4) is 11.5 Å². The molecule has 1 aromatic heterocycles. The zero-order chi connectivity index (χ0) is 14.7. The zero-order valence-corrected chi connectivity index (χ0v) is 10.4. The molecular formula is C13H10N2O5. The van der Waals surface area contributed by atoms with Gasteiger partial charge in [0.25, 0.3) is 5.69 Å². The van der Waals surface area contributed by atoms with Gasteiger partial charge in [-0.05, 0) is 25.1 Å². The highest BCUT2D eigenvalue weighted by molar-refractivity contribution is 5.89. The lowest BCUT2D eigenvalue weighted by molar-refractivity contribution is -0.384. The molecule has 1 N–H and O–H groups in total. The fourth-order valence-electron chi connectivity index (χ4n) is 1.56. The minimum Gasteiger partial charge on any atom is -0.478 e. The van der Waals surface area contributed by atoms with E-state index >= 15 is 0 Å². The van der Waals surface area contributed by atoms with Crippen LogP contribution >= 0.6 is 0 Å². The van der Waals surface area contributed by atoms with Crippen molar-refractivity contribution in [2.45, 2.75) is 6.92 Å². The maximum Gasteiger partial charge on any atom is 0.337 e. The third kappa shape index (κ3) is 2.89. The number of nitro benzene ring substituents is 1. The third-order valence-corrected chi connectivity index (χ3v) is 2.58. The molecule has 0 radical (unpaired) electrons. The van der Waals surface area contributed by atoms with Gasteiger partial charge in [0.05, 0.1) is 22.4 Å². The molecule has 0 amide bonds. The summed E-state index contributed by atoms with van der Waals surface area (Å²) < 4.78 is 5.41. The van der Waals surface area contributed by atoms with E-state index in [1.807, 2.05) is 0 Å². The Labute approximate surface area is 113 Å². The third-order valence-electron chi connectivity index (χ3n) is 2.58. The van der Waals surface area contributed by atoms with Crippen LogP contribution in [0.5, 0.6) is 11.5 Å². The van der Waals surface area contributed by atoms with Crippen molar-refractivity contribution in [2.75, 3.05) is 0 Å². The lowest BCUT2D eigenvalue weighted by Crippen LogP contribution is -2.02. The van der Waals surface area contributed by atoms with Crippen LogP contribution in [0, 0.1) is 17.0 Å². The molecule has 1 aromatic carbocycles. The van der Waals surface area contributed by atoms with E-state index in [0.29, 0.717) is 11.4 Å². The van der Waals surface area contributed by atoms with Gasteiger partial charge in [-0.15, -0.1) is 0 Å². The molecule has 0 fully saturated rings. The van der Waals surface area contributed by atoms with Gasteiger partial charge in [-0.25, -0.2) is 4.79 Å². The summed E-state index contributed by atoms with van der Waals surface area (Å²) in [5.41, 5.74) is 0.378. The monoisotopic (exact) mass is 274 g/mol. The Hall–Kier alpha value is -2.96. The van der Waals surface area contributed by atoms with Gasteiger partial charge in [0.15, 0.2) is 0 Å². The molecule has 0 saturated heterocycles. The number of carbonyl (C=O) groups is 1. The van der Waals surface area contributed by atoms with Crippen LogP contribution in [-0.2, 0) is 0 Å². The van der Waals surface area contributed by atoms with Crippen molar-refractivity contribution in [1.82, 2.24) is 4.98 Å². The standard InChI is InChI=1S/C13H10N2O5/c1-8-12(13(16)17)6-11(7-14-8)20-10-4-2-9(3-5-10)15(18)19/h2-7H,1H3,(H,16,17). The second kappa shape index (κ2) is 5.35. The van der Waals surface area contributed by atoms with E-state index in [4.69, 9.17) is 9.84 Å². The van der Waals surface area contributed by atoms with Crippen LogP contribution in [0.15, 0.2) is 36.5 Å². The SMILES string of the molecule is Cc1ncc(Oc2ccc([N+](=O)[O-])cc2)cc1C(=O)O. The van der Waals surface area contributed by atoms with Gasteiger partial charge in [0.1, 0.15) is 11.5 Å². The summed E-state index contributed by atoms with van der Waals surface area (Å²) in [4.78, 5) is 24.9. The maximum atomic E-state index is 11.0. The summed E-state index contributed by atoms with van der Waals surface area (Å²) >= 11 is 0. The summed E-state index contributed by atoms with van der Waals surface area (Å²) in [6, 6.07) is 6.81. The quantitative estimate of drug-likeness (QED) is 0.679. The van der Waals surface area contributed by atoms with Crippen LogP contribution < -0.4 is 4.74 Å². The van der Waals surface area contributed by atoms with Crippen molar-refractivity contribution < 1.29 is 19.6 Å². The molecule has 0 aliphatic heterocycles. The lowest BCUT2D eigenvalue weighted by atomic mass is 10.2. The number of ether oxygens (including phenoxy) is 1. The Balaban J connectivity index is 2.23. The van der Waals surface area contributed by atoms with Crippen LogP contribution in [0.2, 0.25) is 0 Å². The number of carboxylic acid groups (broad SMARTS) is 1. The van der Waals surface area contributed by atoms with E-state index in [0.717, 1.165) is 0 Å². The number of benzene rings is 1. The number of hydrogen-bond donors (Lipinski definition) is 1. The van der Waals surface area contributed by atoms with Crippen molar-refractivity contribution in [3.63, 3.8) is 0 Å². The molecular weight excluding hydrogens is 264 g/mol. The van der Waals surface area contributed by atoms with Crippen molar-refractivity contribution in [3.05, 3.63) is 57.9 Å². The maximum absolute atomic E-state index is 11.0. The van der Waals surface area contributed by atoms with Crippen LogP contribution in [0.1, 0.15) is 16.1 Å². The van der Waals surface area contributed by atoms with Gasteiger partial charge < -0.3 is 9.84 Å². The van der Waals surface area contributed by atoms with E-state index in [9.17, 15) is 14.9 Å². The molecule has 0 atom stereocenters. The summed E-state index contributed by atoms with van der Waals surface area (Å²) in [6.45, 7) is 1.58. The molecule has 7 nitrogen and oxygen atoms in total. The highest BCUT2D eigenvalue weighted by Gasteiger charge is 2.11. The number of non-ortho nitro benzene ring substituents is 1. The van der Waals surface area contributed by atoms with Crippen molar-refractivity contribution in [2.24, 2.45) is 0 Å². The number of aromatic carboxylic acids is 1. The van der Waals surface area contributed by atoms with Crippen LogP contribution in [0.25, 0.3) is 0 Å². The Morgan fingerprint density at radius 2 is 1.95 bits per heavy atom. The fourth-order valence-corrected chi connectivity index (χ4v) is 1.56. The first-order valence-corrected chi connectivity index (χ1v) is 5.59. The smallest absolute Gasteiger partial charge is 0.337 e. The molecule has 0 aliphatic carbocycles. The van der Waals surface area contributed by atoms with E-state index in [1.54, 1.807) is 6.92 Å². The number of rotatable bonds is 4. The summed E-state index contributed by atoms with van der Waals surface area (Å²) in [5, 5.41) is 19.5. The molecule has 0 saturated carbocycles. The molecule has 102 valence electrons. The number of carboxylic acids is 1. The number of pyridine rings is 1. The molecule has 2 aromatic rings. The second-order valence-electron chi connectivity index (χ2n) is 3.96. The molecule has 2 rings (SSSR count). The Bertz CT molecular complexity index is 667. The molecule has 7 heteroatoms. The largest absolute Gasteiger partial charge is 0.478 e. The predicted octanol–water partition coefficient (Wildman–Crippen LogP) is 2.79. The first-order chi connectivity index (χ1) is 9.47. The van der Waals surface area contributed by atoms with Crippen LogP contribution in [0.4, 0.5) is 5.69 Å². The fraction of sp³-hybridized carbons (Fsp3) is 0.0769. The van der Waals surface area contributed by atoms with Gasteiger partial charge in [-0.1, -0.05) is 0 Å². The molecule has 0 aliphatic rings. The van der Waals surface area contributed by atoms with Gasteiger partial charge in [-0.2, -0.15) is 0 Å².